The summed E-state index contributed by atoms with van der Waals surface area (Å²) in [5.74, 6) is 2.36. The van der Waals surface area contributed by atoms with Crippen LogP contribution in [-0.4, -0.2) is 48.6 Å². The maximum Gasteiger partial charge on any atom is 0.214 e. The van der Waals surface area contributed by atoms with E-state index in [0.29, 0.717) is 12.4 Å². The molecule has 6 heteroatoms. The van der Waals surface area contributed by atoms with Crippen molar-refractivity contribution < 1.29 is 4.42 Å². The molecule has 1 aliphatic carbocycles. The van der Waals surface area contributed by atoms with Gasteiger partial charge in [0.05, 0.1) is 12.2 Å². The first kappa shape index (κ1) is 15.8. The highest BCUT2D eigenvalue weighted by molar-refractivity contribution is 5.79. The second kappa shape index (κ2) is 7.45. The number of hydrogen-bond acceptors (Lipinski definition) is 4. The van der Waals surface area contributed by atoms with Crippen LogP contribution in [0.25, 0.3) is 0 Å². The smallest absolute Gasteiger partial charge is 0.214 e. The molecule has 0 radical (unpaired) electrons. The lowest BCUT2D eigenvalue weighted by molar-refractivity contribution is 0.282. The summed E-state index contributed by atoms with van der Waals surface area (Å²) in [6.45, 7) is 9.72. The highest BCUT2D eigenvalue weighted by atomic mass is 16.4. The minimum Gasteiger partial charge on any atom is -0.444 e. The van der Waals surface area contributed by atoms with E-state index in [1.54, 1.807) is 7.05 Å². The van der Waals surface area contributed by atoms with Gasteiger partial charge in [0.2, 0.25) is 5.89 Å². The molecule has 21 heavy (non-hydrogen) atoms. The molecule has 118 valence electrons. The predicted octanol–water partition coefficient (Wildman–Crippen LogP) is 1.44. The molecule has 2 N–H and O–H groups in total. The van der Waals surface area contributed by atoms with Gasteiger partial charge in [-0.1, -0.05) is 6.92 Å². The summed E-state index contributed by atoms with van der Waals surface area (Å²) in [7, 11) is 1.78. The zero-order valence-corrected chi connectivity index (χ0v) is 13.6. The van der Waals surface area contributed by atoms with Gasteiger partial charge < -0.3 is 15.1 Å². The molecule has 0 amide bonds. The van der Waals surface area contributed by atoms with Gasteiger partial charge in [0.25, 0.3) is 0 Å². The molecule has 0 bridgehead atoms. The zero-order valence-electron chi connectivity index (χ0n) is 13.6. The Kier molecular flexibility index (Phi) is 5.61. The lowest BCUT2D eigenvalue weighted by Crippen LogP contribution is -2.41. The number of aryl methyl sites for hydroxylation is 2. The lowest BCUT2D eigenvalue weighted by atomic mass is 10.4. The van der Waals surface area contributed by atoms with Crippen LogP contribution >= 0.6 is 0 Å². The summed E-state index contributed by atoms with van der Waals surface area (Å²) in [6.07, 6.45) is 2.70. The van der Waals surface area contributed by atoms with Gasteiger partial charge in [-0.3, -0.25) is 9.89 Å². The van der Waals surface area contributed by atoms with E-state index in [-0.39, 0.29) is 0 Å². The summed E-state index contributed by atoms with van der Waals surface area (Å²) in [4.78, 5) is 11.1. The van der Waals surface area contributed by atoms with Crippen LogP contribution in [0.15, 0.2) is 9.41 Å². The Morgan fingerprint density at radius 2 is 2.14 bits per heavy atom. The van der Waals surface area contributed by atoms with Crippen molar-refractivity contribution in [2.45, 2.75) is 46.2 Å². The molecule has 1 heterocycles. The number of rotatable bonds is 7. The first-order chi connectivity index (χ1) is 10.1. The summed E-state index contributed by atoms with van der Waals surface area (Å²) in [5, 5.41) is 6.56. The minimum absolute atomic E-state index is 0.550. The van der Waals surface area contributed by atoms with Crippen molar-refractivity contribution in [3.8, 4) is 0 Å². The highest BCUT2D eigenvalue weighted by Gasteiger charge is 2.27. The molecule has 1 saturated carbocycles. The molecule has 6 nitrogen and oxygen atoms in total. The molecular weight excluding hydrogens is 266 g/mol. The predicted molar refractivity (Wildman–Crippen MR) is 84.4 cm³/mol. The van der Waals surface area contributed by atoms with E-state index in [1.807, 2.05) is 13.8 Å². The number of nitrogens with zero attached hydrogens (tertiary/aromatic N) is 3. The fourth-order valence-corrected chi connectivity index (χ4v) is 2.35. The van der Waals surface area contributed by atoms with Crippen molar-refractivity contribution in [3.05, 3.63) is 17.3 Å². The van der Waals surface area contributed by atoms with Crippen LogP contribution in [0.4, 0.5) is 0 Å². The van der Waals surface area contributed by atoms with E-state index >= 15 is 0 Å². The quantitative estimate of drug-likeness (QED) is 0.588. The average Bonchev–Trinajstić information content (AvgIpc) is 3.25. The number of aliphatic imine (C=N–C) groups is 1. The molecule has 0 spiro atoms. The van der Waals surface area contributed by atoms with E-state index < -0.39 is 0 Å². The van der Waals surface area contributed by atoms with Crippen LogP contribution in [0.5, 0.6) is 0 Å². The van der Waals surface area contributed by atoms with Crippen molar-refractivity contribution >= 4 is 5.96 Å². The number of guanidine groups is 1. The molecule has 1 aromatic heterocycles. The van der Waals surface area contributed by atoms with Crippen molar-refractivity contribution in [2.75, 3.05) is 26.7 Å². The first-order valence-corrected chi connectivity index (χ1v) is 7.75. The Bertz CT molecular complexity index is 459. The summed E-state index contributed by atoms with van der Waals surface area (Å²) < 4.78 is 5.54. The average molecular weight is 293 g/mol. The minimum atomic E-state index is 0.550. The Balaban J connectivity index is 1.70. The molecule has 1 aromatic rings. The van der Waals surface area contributed by atoms with Crippen LogP contribution in [0, 0.1) is 13.8 Å². The number of oxazole rings is 1. The molecule has 0 saturated heterocycles. The van der Waals surface area contributed by atoms with Gasteiger partial charge in [0.1, 0.15) is 5.76 Å². The van der Waals surface area contributed by atoms with E-state index in [4.69, 9.17) is 4.42 Å². The Labute approximate surface area is 127 Å². The van der Waals surface area contributed by atoms with Crippen LogP contribution in [0.2, 0.25) is 0 Å². The molecule has 2 rings (SSSR count). The number of nitrogens with one attached hydrogen (secondary N) is 2. The molecular formula is C15H27N5O. The maximum atomic E-state index is 5.54. The molecule has 1 fully saturated rings. The molecule has 1 aliphatic rings. The van der Waals surface area contributed by atoms with Crippen LogP contribution < -0.4 is 10.6 Å². The fraction of sp³-hybridized carbons (Fsp3) is 0.733. The number of likely N-dealkylation sites (N-methyl/N-ethyl adjacent to an activating group) is 1. The van der Waals surface area contributed by atoms with Crippen LogP contribution in [0.3, 0.4) is 0 Å². The van der Waals surface area contributed by atoms with Crippen molar-refractivity contribution in [1.29, 1.82) is 0 Å². The van der Waals surface area contributed by atoms with Gasteiger partial charge in [-0.2, -0.15) is 0 Å². The van der Waals surface area contributed by atoms with Gasteiger partial charge in [-0.25, -0.2) is 4.98 Å². The number of aromatic nitrogens is 1. The topological polar surface area (TPSA) is 65.7 Å². The van der Waals surface area contributed by atoms with Crippen LogP contribution in [0.1, 0.15) is 37.1 Å². The van der Waals surface area contributed by atoms with E-state index in [1.165, 1.54) is 12.8 Å². The van der Waals surface area contributed by atoms with E-state index in [2.05, 4.69) is 32.4 Å². The molecule has 0 atom stereocenters. The summed E-state index contributed by atoms with van der Waals surface area (Å²) in [6, 6.07) is 0.810. The van der Waals surface area contributed by atoms with Crippen LogP contribution in [-0.2, 0) is 6.54 Å². The monoisotopic (exact) mass is 293 g/mol. The molecule has 0 unspecified atom stereocenters. The Morgan fingerprint density at radius 3 is 2.67 bits per heavy atom. The highest BCUT2D eigenvalue weighted by Crippen LogP contribution is 2.25. The van der Waals surface area contributed by atoms with Crippen molar-refractivity contribution in [2.24, 2.45) is 4.99 Å². The van der Waals surface area contributed by atoms with Gasteiger partial charge in [0.15, 0.2) is 5.96 Å². The van der Waals surface area contributed by atoms with E-state index in [9.17, 15) is 0 Å². The lowest BCUT2D eigenvalue weighted by Gasteiger charge is -2.20. The summed E-state index contributed by atoms with van der Waals surface area (Å²) in [5.41, 5.74) is 0.942. The Hall–Kier alpha value is -1.56. The van der Waals surface area contributed by atoms with Crippen molar-refractivity contribution in [1.82, 2.24) is 20.5 Å². The van der Waals surface area contributed by atoms with Gasteiger partial charge in [0, 0.05) is 26.2 Å². The van der Waals surface area contributed by atoms with Gasteiger partial charge >= 0.3 is 0 Å². The SMILES string of the molecule is CCN(CCNC(=NC)NCc1nc(C)c(C)o1)C1CC1. The molecule has 0 aromatic carbocycles. The summed E-state index contributed by atoms with van der Waals surface area (Å²) >= 11 is 0. The van der Waals surface area contributed by atoms with Gasteiger partial charge in [-0.15, -0.1) is 0 Å². The zero-order chi connectivity index (χ0) is 15.2. The van der Waals surface area contributed by atoms with Gasteiger partial charge in [-0.05, 0) is 33.2 Å². The third-order valence-corrected chi connectivity index (χ3v) is 3.86. The molecule has 0 aliphatic heterocycles. The largest absolute Gasteiger partial charge is 0.444 e. The second-order valence-electron chi connectivity index (χ2n) is 5.46. The normalized spacial score (nSPS) is 15.6. The Morgan fingerprint density at radius 1 is 1.38 bits per heavy atom. The third-order valence-electron chi connectivity index (χ3n) is 3.86. The number of hydrogen-bond donors (Lipinski definition) is 2. The standard InChI is InChI=1S/C15H27N5O/c1-5-20(13-6-7-13)9-8-17-15(16-4)18-10-14-19-11(2)12(3)21-14/h13H,5-10H2,1-4H3,(H2,16,17,18). The first-order valence-electron chi connectivity index (χ1n) is 7.75. The maximum absolute atomic E-state index is 5.54. The third kappa shape index (κ3) is 4.74. The van der Waals surface area contributed by atoms with E-state index in [0.717, 1.165) is 43.1 Å². The van der Waals surface area contributed by atoms with Crippen molar-refractivity contribution in [3.63, 3.8) is 0 Å². The second-order valence-corrected chi connectivity index (χ2v) is 5.46. The fourth-order valence-electron chi connectivity index (χ4n) is 2.35.